The summed E-state index contributed by atoms with van der Waals surface area (Å²) in [5.74, 6) is -5.94. The molecule has 1 aromatic rings. The molecule has 1 aliphatic heterocycles. The molecule has 1 saturated heterocycles. The van der Waals surface area contributed by atoms with Gasteiger partial charge in [-0.25, -0.2) is 17.6 Å². The Kier molecular flexibility index (Phi) is 7.07. The number of halogens is 6. The summed E-state index contributed by atoms with van der Waals surface area (Å²) in [6.07, 6.45) is 0.368. The van der Waals surface area contributed by atoms with Crippen molar-refractivity contribution >= 4 is 24.8 Å². The van der Waals surface area contributed by atoms with Crippen molar-refractivity contribution in [3.63, 3.8) is 0 Å². The van der Waals surface area contributed by atoms with E-state index in [4.69, 9.17) is 5.73 Å². The van der Waals surface area contributed by atoms with Gasteiger partial charge in [0.15, 0.2) is 23.3 Å². The van der Waals surface area contributed by atoms with Crippen LogP contribution >= 0.6 is 24.8 Å². The number of hydrogen-bond acceptors (Lipinski definition) is 2. The maximum atomic E-state index is 13.5. The van der Waals surface area contributed by atoms with Crippen molar-refractivity contribution in [2.75, 3.05) is 13.1 Å². The molecule has 1 unspecified atom stereocenters. The van der Waals surface area contributed by atoms with Gasteiger partial charge in [-0.2, -0.15) is 0 Å². The second-order valence-electron chi connectivity index (χ2n) is 4.16. The molecule has 0 aliphatic carbocycles. The van der Waals surface area contributed by atoms with Gasteiger partial charge in [-0.1, -0.05) is 0 Å². The molecule has 1 heterocycles. The maximum Gasteiger partial charge on any atom is 0.165 e. The molecule has 0 amide bonds. The summed E-state index contributed by atoms with van der Waals surface area (Å²) in [5.41, 5.74) is 4.89. The van der Waals surface area contributed by atoms with Gasteiger partial charge in [0, 0.05) is 36.7 Å². The molecular formula is C11H14Cl2F4N2. The molecule has 8 heteroatoms. The largest absolute Gasteiger partial charge is 0.329 e. The first kappa shape index (κ1) is 18.4. The molecule has 2 rings (SSSR count). The molecule has 110 valence electrons. The molecule has 0 aromatic heterocycles. The molecule has 2 atom stereocenters. The summed E-state index contributed by atoms with van der Waals surface area (Å²) >= 11 is 0. The van der Waals surface area contributed by atoms with E-state index < -0.39 is 34.8 Å². The van der Waals surface area contributed by atoms with Crippen LogP contribution in [0.15, 0.2) is 6.07 Å². The Morgan fingerprint density at radius 3 is 2.05 bits per heavy atom. The Hall–Kier alpha value is -0.560. The topological polar surface area (TPSA) is 38.0 Å². The fraction of sp³-hybridized carbons (Fsp3) is 0.455. The van der Waals surface area contributed by atoms with E-state index in [1.165, 1.54) is 0 Å². The van der Waals surface area contributed by atoms with Gasteiger partial charge < -0.3 is 11.1 Å². The number of rotatable bonds is 2. The fourth-order valence-corrected chi connectivity index (χ4v) is 2.17. The van der Waals surface area contributed by atoms with Crippen molar-refractivity contribution in [3.05, 3.63) is 34.9 Å². The van der Waals surface area contributed by atoms with Crippen molar-refractivity contribution in [2.45, 2.75) is 18.4 Å². The Labute approximate surface area is 120 Å². The molecule has 0 saturated carbocycles. The van der Waals surface area contributed by atoms with Crippen LogP contribution in [-0.4, -0.2) is 19.1 Å². The van der Waals surface area contributed by atoms with Crippen molar-refractivity contribution in [1.82, 2.24) is 5.32 Å². The normalized spacial score (nSPS) is 21.7. The van der Waals surface area contributed by atoms with Gasteiger partial charge in [-0.15, -0.1) is 24.8 Å². The summed E-state index contributed by atoms with van der Waals surface area (Å²) in [4.78, 5) is 0. The van der Waals surface area contributed by atoms with Crippen LogP contribution in [0.5, 0.6) is 0 Å². The minimum atomic E-state index is -1.37. The van der Waals surface area contributed by atoms with Crippen LogP contribution in [-0.2, 0) is 0 Å². The summed E-state index contributed by atoms with van der Waals surface area (Å²) in [6.45, 7) is 0.579. The van der Waals surface area contributed by atoms with E-state index in [0.29, 0.717) is 13.0 Å². The first-order valence-electron chi connectivity index (χ1n) is 5.31. The van der Waals surface area contributed by atoms with Crippen LogP contribution in [0.4, 0.5) is 17.6 Å². The summed E-state index contributed by atoms with van der Waals surface area (Å²) in [6, 6.07) is 0.141. The van der Waals surface area contributed by atoms with Crippen molar-refractivity contribution < 1.29 is 17.6 Å². The van der Waals surface area contributed by atoms with Gasteiger partial charge >= 0.3 is 0 Å². The van der Waals surface area contributed by atoms with Gasteiger partial charge in [0.2, 0.25) is 0 Å². The summed E-state index contributed by atoms with van der Waals surface area (Å²) in [7, 11) is 0. The lowest BCUT2D eigenvalue weighted by molar-refractivity contribution is 0.428. The number of hydrogen-bond donors (Lipinski definition) is 2. The minimum absolute atomic E-state index is 0. The monoisotopic (exact) mass is 320 g/mol. The van der Waals surface area contributed by atoms with Gasteiger partial charge in [0.25, 0.3) is 0 Å². The average Bonchev–Trinajstić information content (AvgIpc) is 2.75. The smallest absolute Gasteiger partial charge is 0.165 e. The van der Waals surface area contributed by atoms with Crippen LogP contribution < -0.4 is 11.1 Å². The lowest BCUT2D eigenvalue weighted by Crippen LogP contribution is -2.29. The Morgan fingerprint density at radius 2 is 1.63 bits per heavy atom. The second-order valence-corrected chi connectivity index (χ2v) is 4.16. The molecule has 2 nitrogen and oxygen atoms in total. The standard InChI is InChI=1S/C11H12F4N2.2ClH/c12-7-2-8(13)11(15)9(10(7)14)5-1-6(3-16)17-4-5;;/h2,5-6,17H,1,3-4,16H2;2*1H/t5-,6?;;/m0../s1. The van der Waals surface area contributed by atoms with E-state index in [-0.39, 0.29) is 43.5 Å². The molecule has 3 N–H and O–H groups in total. The van der Waals surface area contributed by atoms with Gasteiger partial charge in [0.05, 0.1) is 0 Å². The molecule has 0 bridgehead atoms. The number of nitrogens with two attached hydrogens (primary N) is 1. The van der Waals surface area contributed by atoms with Crippen LogP contribution in [0.3, 0.4) is 0 Å². The van der Waals surface area contributed by atoms with E-state index in [0.717, 1.165) is 0 Å². The molecule has 1 aromatic carbocycles. The zero-order chi connectivity index (χ0) is 12.6. The molecule has 0 spiro atoms. The first-order valence-corrected chi connectivity index (χ1v) is 5.31. The van der Waals surface area contributed by atoms with E-state index in [1.54, 1.807) is 0 Å². The highest BCUT2D eigenvalue weighted by Crippen LogP contribution is 2.31. The summed E-state index contributed by atoms with van der Waals surface area (Å²) < 4.78 is 53.0. The highest BCUT2D eigenvalue weighted by Gasteiger charge is 2.31. The maximum absolute atomic E-state index is 13.5. The highest BCUT2D eigenvalue weighted by atomic mass is 35.5. The first-order chi connectivity index (χ1) is 8.04. The van der Waals surface area contributed by atoms with Crippen molar-refractivity contribution in [2.24, 2.45) is 5.73 Å². The van der Waals surface area contributed by atoms with Crippen molar-refractivity contribution in [3.8, 4) is 0 Å². The zero-order valence-corrected chi connectivity index (χ0v) is 11.4. The van der Waals surface area contributed by atoms with Crippen LogP contribution in [0.25, 0.3) is 0 Å². The SMILES string of the molecule is Cl.Cl.NCC1C[C@H](c2c(F)c(F)cc(F)c2F)CN1. The number of benzene rings is 1. The predicted molar refractivity (Wildman–Crippen MR) is 69.0 cm³/mol. The Bertz CT molecular complexity index is 419. The quantitative estimate of drug-likeness (QED) is 0.649. The third-order valence-corrected chi connectivity index (χ3v) is 3.06. The van der Waals surface area contributed by atoms with Crippen LogP contribution in [0.1, 0.15) is 17.9 Å². The molecule has 1 aliphatic rings. The van der Waals surface area contributed by atoms with Gasteiger partial charge in [-0.05, 0) is 6.42 Å². The minimum Gasteiger partial charge on any atom is -0.329 e. The zero-order valence-electron chi connectivity index (χ0n) is 9.76. The molecular weight excluding hydrogens is 307 g/mol. The lowest BCUT2D eigenvalue weighted by Gasteiger charge is -2.12. The highest BCUT2D eigenvalue weighted by molar-refractivity contribution is 5.85. The van der Waals surface area contributed by atoms with Crippen LogP contribution in [0, 0.1) is 23.3 Å². The molecule has 0 radical (unpaired) electrons. The Morgan fingerprint density at radius 1 is 1.11 bits per heavy atom. The third-order valence-electron chi connectivity index (χ3n) is 3.06. The molecule has 1 fully saturated rings. The summed E-state index contributed by atoms with van der Waals surface area (Å²) in [5, 5.41) is 2.94. The van der Waals surface area contributed by atoms with E-state index in [2.05, 4.69) is 5.32 Å². The Balaban J connectivity index is 0.00000162. The van der Waals surface area contributed by atoms with Gasteiger partial charge in [-0.3, -0.25) is 0 Å². The predicted octanol–water partition coefficient (Wildman–Crippen LogP) is 2.49. The van der Waals surface area contributed by atoms with E-state index in [1.807, 2.05) is 0 Å². The number of nitrogens with one attached hydrogen (secondary N) is 1. The third kappa shape index (κ3) is 3.51. The molecule has 19 heavy (non-hydrogen) atoms. The van der Waals surface area contributed by atoms with Crippen LogP contribution in [0.2, 0.25) is 0 Å². The average molecular weight is 321 g/mol. The van der Waals surface area contributed by atoms with E-state index >= 15 is 0 Å². The van der Waals surface area contributed by atoms with Crippen molar-refractivity contribution in [1.29, 1.82) is 0 Å². The fourth-order valence-electron chi connectivity index (χ4n) is 2.17. The van der Waals surface area contributed by atoms with Gasteiger partial charge in [0.1, 0.15) is 0 Å². The lowest BCUT2D eigenvalue weighted by atomic mass is 9.95. The second kappa shape index (κ2) is 7.28. The van der Waals surface area contributed by atoms with E-state index in [9.17, 15) is 17.6 Å².